The van der Waals surface area contributed by atoms with Crippen molar-refractivity contribution in [1.82, 2.24) is 4.90 Å². The molecule has 2 aliphatic rings. The second kappa shape index (κ2) is 4.12. The van der Waals surface area contributed by atoms with Crippen molar-refractivity contribution in [1.29, 1.82) is 0 Å². The number of amides is 1. The summed E-state index contributed by atoms with van der Waals surface area (Å²) in [6.07, 6.45) is 5.20. The molecule has 0 spiro atoms. The Labute approximate surface area is 107 Å². The van der Waals surface area contributed by atoms with E-state index in [-0.39, 0.29) is 5.91 Å². The molecule has 1 aliphatic heterocycles. The van der Waals surface area contributed by atoms with Crippen LogP contribution in [0.2, 0.25) is 0 Å². The summed E-state index contributed by atoms with van der Waals surface area (Å²) >= 11 is 0. The Balaban J connectivity index is 1.74. The first-order chi connectivity index (χ1) is 8.64. The van der Waals surface area contributed by atoms with Crippen molar-refractivity contribution < 1.29 is 14.3 Å². The Kier molecular flexibility index (Phi) is 2.70. The van der Waals surface area contributed by atoms with Gasteiger partial charge >= 0.3 is 0 Å². The first-order valence-electron chi connectivity index (χ1n) is 6.72. The number of aliphatic hydroxyl groups is 1. The van der Waals surface area contributed by atoms with Gasteiger partial charge in [-0.25, -0.2) is 0 Å². The number of carbonyl (C=O) groups is 1. The zero-order valence-corrected chi connectivity index (χ0v) is 10.7. The van der Waals surface area contributed by atoms with Crippen molar-refractivity contribution in [3.63, 3.8) is 0 Å². The maximum atomic E-state index is 12.4. The standard InChI is InChI=1S/C14H19NO3/c1-2-12-11(5-8-18-12)13(16)15-7-6-14(17,9-15)10-3-4-10/h5,8,10,17H,2-4,6-7,9H2,1H3. The molecule has 3 rings (SSSR count). The summed E-state index contributed by atoms with van der Waals surface area (Å²) in [7, 11) is 0. The molecule has 2 heterocycles. The number of likely N-dealkylation sites (tertiary alicyclic amines) is 1. The summed E-state index contributed by atoms with van der Waals surface area (Å²) in [5.74, 6) is 1.14. The fourth-order valence-electron chi connectivity index (χ4n) is 2.92. The van der Waals surface area contributed by atoms with Crippen LogP contribution in [0, 0.1) is 5.92 Å². The first-order valence-corrected chi connectivity index (χ1v) is 6.72. The Bertz CT molecular complexity index is 463. The van der Waals surface area contributed by atoms with Crippen molar-refractivity contribution in [3.05, 3.63) is 23.7 Å². The molecule has 1 atom stereocenters. The summed E-state index contributed by atoms with van der Waals surface area (Å²) in [5, 5.41) is 10.5. The number of nitrogens with zero attached hydrogens (tertiary/aromatic N) is 1. The number of β-amino-alcohol motifs (C(OH)–C–C–N with tert-alkyl or cyclic N) is 1. The normalized spacial score (nSPS) is 27.8. The van der Waals surface area contributed by atoms with E-state index in [1.165, 1.54) is 0 Å². The Morgan fingerprint density at radius 2 is 2.39 bits per heavy atom. The van der Waals surface area contributed by atoms with Crippen LogP contribution < -0.4 is 0 Å². The van der Waals surface area contributed by atoms with Gasteiger partial charge in [-0.3, -0.25) is 4.79 Å². The van der Waals surface area contributed by atoms with Crippen LogP contribution in [0.4, 0.5) is 0 Å². The number of furan rings is 1. The second-order valence-electron chi connectivity index (χ2n) is 5.47. The number of hydrogen-bond donors (Lipinski definition) is 1. The van der Waals surface area contributed by atoms with Crippen molar-refractivity contribution in [2.75, 3.05) is 13.1 Å². The van der Waals surface area contributed by atoms with Gasteiger partial charge in [0.05, 0.1) is 24.0 Å². The zero-order valence-electron chi connectivity index (χ0n) is 10.7. The van der Waals surface area contributed by atoms with Gasteiger partial charge < -0.3 is 14.4 Å². The van der Waals surface area contributed by atoms with Crippen LogP contribution in [0.15, 0.2) is 16.7 Å². The van der Waals surface area contributed by atoms with E-state index < -0.39 is 5.60 Å². The van der Waals surface area contributed by atoms with Gasteiger partial charge in [0.2, 0.25) is 0 Å². The molecule has 1 aliphatic carbocycles. The SMILES string of the molecule is CCc1occc1C(=O)N1CCC(O)(C2CC2)C1. The van der Waals surface area contributed by atoms with Gasteiger partial charge in [0.15, 0.2) is 0 Å². The van der Waals surface area contributed by atoms with Crippen LogP contribution in [-0.2, 0) is 6.42 Å². The lowest BCUT2D eigenvalue weighted by molar-refractivity contribution is 0.0256. The zero-order chi connectivity index (χ0) is 12.8. The second-order valence-corrected chi connectivity index (χ2v) is 5.47. The molecular formula is C14H19NO3. The van der Waals surface area contributed by atoms with E-state index in [9.17, 15) is 9.90 Å². The third kappa shape index (κ3) is 1.85. The summed E-state index contributed by atoms with van der Waals surface area (Å²) in [6.45, 7) is 3.10. The fourth-order valence-corrected chi connectivity index (χ4v) is 2.92. The Morgan fingerprint density at radius 3 is 3.06 bits per heavy atom. The number of rotatable bonds is 3. The molecule has 1 N–H and O–H groups in total. The van der Waals surface area contributed by atoms with Crippen LogP contribution >= 0.6 is 0 Å². The molecule has 1 amide bonds. The molecule has 1 saturated carbocycles. The lowest BCUT2D eigenvalue weighted by atomic mass is 9.97. The van der Waals surface area contributed by atoms with Gasteiger partial charge in [0, 0.05) is 13.0 Å². The van der Waals surface area contributed by atoms with Crippen molar-refractivity contribution in [3.8, 4) is 0 Å². The number of hydrogen-bond acceptors (Lipinski definition) is 3. The lowest BCUT2D eigenvalue weighted by Crippen LogP contribution is -2.37. The molecule has 98 valence electrons. The van der Waals surface area contributed by atoms with Crippen LogP contribution in [0.5, 0.6) is 0 Å². The number of carbonyl (C=O) groups excluding carboxylic acids is 1. The van der Waals surface area contributed by atoms with Crippen LogP contribution in [-0.4, -0.2) is 34.6 Å². The van der Waals surface area contributed by atoms with Crippen LogP contribution in [0.25, 0.3) is 0 Å². The lowest BCUT2D eigenvalue weighted by Gasteiger charge is -2.23. The van der Waals surface area contributed by atoms with Gasteiger partial charge in [0.1, 0.15) is 5.76 Å². The first kappa shape index (κ1) is 11.8. The summed E-state index contributed by atoms with van der Waals surface area (Å²) in [4.78, 5) is 14.1. The quantitative estimate of drug-likeness (QED) is 0.889. The average molecular weight is 249 g/mol. The van der Waals surface area contributed by atoms with Crippen molar-refractivity contribution >= 4 is 5.91 Å². The maximum Gasteiger partial charge on any atom is 0.257 e. The molecule has 1 saturated heterocycles. The van der Waals surface area contributed by atoms with E-state index in [4.69, 9.17) is 4.42 Å². The summed E-state index contributed by atoms with van der Waals surface area (Å²) in [6, 6.07) is 1.73. The molecule has 2 fully saturated rings. The topological polar surface area (TPSA) is 53.7 Å². The van der Waals surface area contributed by atoms with Crippen molar-refractivity contribution in [2.45, 2.75) is 38.2 Å². The van der Waals surface area contributed by atoms with E-state index in [1.54, 1.807) is 17.2 Å². The third-order valence-electron chi connectivity index (χ3n) is 4.20. The fraction of sp³-hybridized carbons (Fsp3) is 0.643. The minimum atomic E-state index is -0.633. The van der Waals surface area contributed by atoms with Gasteiger partial charge in [-0.2, -0.15) is 0 Å². The molecule has 18 heavy (non-hydrogen) atoms. The number of aryl methyl sites for hydroxylation is 1. The van der Waals surface area contributed by atoms with E-state index in [1.807, 2.05) is 6.92 Å². The Hall–Kier alpha value is -1.29. The molecule has 0 aromatic carbocycles. The maximum absolute atomic E-state index is 12.4. The highest BCUT2D eigenvalue weighted by Crippen LogP contribution is 2.44. The highest BCUT2D eigenvalue weighted by molar-refractivity contribution is 5.95. The van der Waals surface area contributed by atoms with Crippen molar-refractivity contribution in [2.24, 2.45) is 5.92 Å². The van der Waals surface area contributed by atoms with Crippen LogP contribution in [0.3, 0.4) is 0 Å². The van der Waals surface area contributed by atoms with E-state index in [0.29, 0.717) is 31.0 Å². The van der Waals surface area contributed by atoms with E-state index >= 15 is 0 Å². The third-order valence-corrected chi connectivity index (χ3v) is 4.20. The monoisotopic (exact) mass is 249 g/mol. The molecule has 1 aromatic rings. The largest absolute Gasteiger partial charge is 0.469 e. The highest BCUT2D eigenvalue weighted by Gasteiger charge is 2.49. The smallest absolute Gasteiger partial charge is 0.257 e. The predicted molar refractivity (Wildman–Crippen MR) is 66.3 cm³/mol. The molecule has 1 aromatic heterocycles. The molecule has 1 unspecified atom stereocenters. The minimum Gasteiger partial charge on any atom is -0.469 e. The van der Waals surface area contributed by atoms with Gasteiger partial charge in [-0.1, -0.05) is 6.92 Å². The van der Waals surface area contributed by atoms with E-state index in [2.05, 4.69) is 0 Å². The molecule has 0 radical (unpaired) electrons. The van der Waals surface area contributed by atoms with Gasteiger partial charge in [-0.05, 0) is 31.2 Å². The average Bonchev–Trinajstić information content (AvgIpc) is 3.00. The van der Waals surface area contributed by atoms with Gasteiger partial charge in [-0.15, -0.1) is 0 Å². The minimum absolute atomic E-state index is 0.00262. The summed E-state index contributed by atoms with van der Waals surface area (Å²) < 4.78 is 5.30. The predicted octanol–water partition coefficient (Wildman–Crippen LogP) is 1.83. The molecule has 0 bridgehead atoms. The molecule has 4 nitrogen and oxygen atoms in total. The van der Waals surface area contributed by atoms with E-state index in [0.717, 1.165) is 25.0 Å². The summed E-state index contributed by atoms with van der Waals surface area (Å²) in [5.41, 5.74) is 0.0173. The molecular weight excluding hydrogens is 230 g/mol. The van der Waals surface area contributed by atoms with Gasteiger partial charge in [0.25, 0.3) is 5.91 Å². The molecule has 4 heteroatoms. The Morgan fingerprint density at radius 1 is 1.61 bits per heavy atom. The van der Waals surface area contributed by atoms with Crippen LogP contribution in [0.1, 0.15) is 42.3 Å². The highest BCUT2D eigenvalue weighted by atomic mass is 16.3.